The molecule has 28 heavy (non-hydrogen) atoms. The Labute approximate surface area is 166 Å². The number of carbonyl (C=O) groups is 2. The van der Waals surface area contributed by atoms with Crippen molar-refractivity contribution in [3.05, 3.63) is 35.3 Å². The number of aryl methyl sites for hydroxylation is 2. The van der Waals surface area contributed by atoms with Crippen LogP contribution in [0.3, 0.4) is 0 Å². The first-order valence-electron chi connectivity index (χ1n) is 9.95. The highest BCUT2D eigenvalue weighted by Gasteiger charge is 2.28. The van der Waals surface area contributed by atoms with Gasteiger partial charge in [-0.1, -0.05) is 13.0 Å². The highest BCUT2D eigenvalue weighted by molar-refractivity contribution is 5.95. The molecule has 2 aromatic rings. The van der Waals surface area contributed by atoms with Gasteiger partial charge in [-0.25, -0.2) is 9.78 Å². The van der Waals surface area contributed by atoms with Crippen molar-refractivity contribution in [1.29, 1.82) is 0 Å². The van der Waals surface area contributed by atoms with Crippen LogP contribution < -0.4 is 0 Å². The van der Waals surface area contributed by atoms with Gasteiger partial charge in [0.1, 0.15) is 16.9 Å². The molecule has 1 aliphatic heterocycles. The maximum atomic E-state index is 13.4. The number of ether oxygens (including phenoxy) is 1. The Kier molecular flexibility index (Phi) is 5.63. The van der Waals surface area contributed by atoms with Crippen LogP contribution in [0.4, 0.5) is 4.79 Å². The van der Waals surface area contributed by atoms with E-state index in [1.165, 1.54) is 0 Å². The van der Waals surface area contributed by atoms with E-state index in [1.807, 2.05) is 62.2 Å². The van der Waals surface area contributed by atoms with Crippen molar-refractivity contribution in [2.24, 2.45) is 0 Å². The van der Waals surface area contributed by atoms with E-state index in [4.69, 9.17) is 4.74 Å². The van der Waals surface area contributed by atoms with Crippen LogP contribution in [0.15, 0.2) is 18.3 Å². The monoisotopic (exact) mass is 386 g/mol. The van der Waals surface area contributed by atoms with E-state index in [0.29, 0.717) is 38.3 Å². The smallest absolute Gasteiger partial charge is 0.410 e. The molecule has 0 aromatic carbocycles. The van der Waals surface area contributed by atoms with Crippen LogP contribution in [0.25, 0.3) is 5.65 Å². The summed E-state index contributed by atoms with van der Waals surface area (Å²) in [6, 6.07) is 3.94. The van der Waals surface area contributed by atoms with Crippen LogP contribution >= 0.6 is 0 Å². The van der Waals surface area contributed by atoms with Crippen LogP contribution in [-0.4, -0.2) is 63.0 Å². The lowest BCUT2D eigenvalue weighted by Gasteiger charge is -2.26. The van der Waals surface area contributed by atoms with Crippen LogP contribution in [0, 0.1) is 6.92 Å². The van der Waals surface area contributed by atoms with Crippen molar-refractivity contribution in [2.75, 3.05) is 26.2 Å². The van der Waals surface area contributed by atoms with Crippen molar-refractivity contribution in [3.8, 4) is 0 Å². The van der Waals surface area contributed by atoms with Gasteiger partial charge in [0.2, 0.25) is 0 Å². The number of nitrogens with zero attached hydrogens (tertiary/aromatic N) is 4. The van der Waals surface area contributed by atoms with Crippen LogP contribution in [0.1, 0.15) is 55.9 Å². The van der Waals surface area contributed by atoms with Gasteiger partial charge in [-0.3, -0.25) is 9.20 Å². The van der Waals surface area contributed by atoms with Gasteiger partial charge in [0.25, 0.3) is 5.91 Å². The molecule has 0 unspecified atom stereocenters. The Balaban J connectivity index is 1.80. The second-order valence-corrected chi connectivity index (χ2v) is 8.26. The minimum atomic E-state index is -0.525. The zero-order valence-corrected chi connectivity index (χ0v) is 17.5. The van der Waals surface area contributed by atoms with Gasteiger partial charge in [-0.2, -0.15) is 0 Å². The second kappa shape index (κ2) is 7.81. The summed E-state index contributed by atoms with van der Waals surface area (Å²) in [5.41, 5.74) is 2.79. The summed E-state index contributed by atoms with van der Waals surface area (Å²) in [5.74, 6) is -0.0269. The molecule has 0 radical (unpaired) electrons. The number of pyridine rings is 1. The summed E-state index contributed by atoms with van der Waals surface area (Å²) in [7, 11) is 0. The fourth-order valence-corrected chi connectivity index (χ4v) is 3.50. The summed E-state index contributed by atoms with van der Waals surface area (Å²) >= 11 is 0. The summed E-state index contributed by atoms with van der Waals surface area (Å²) in [6.07, 6.45) is 3.00. The zero-order valence-electron chi connectivity index (χ0n) is 17.5. The maximum Gasteiger partial charge on any atom is 0.410 e. The molecule has 0 spiro atoms. The molecule has 152 valence electrons. The highest BCUT2D eigenvalue weighted by Crippen LogP contribution is 2.20. The topological polar surface area (TPSA) is 67.2 Å². The quantitative estimate of drug-likeness (QED) is 0.794. The molecular weight excluding hydrogens is 356 g/mol. The molecule has 2 aromatic heterocycles. The van der Waals surface area contributed by atoms with E-state index in [9.17, 15) is 9.59 Å². The standard InChI is InChI=1S/C21H30N4O3/c1-6-16-17(25-12-7-9-15(2)18(25)22-16)19(26)23-10-8-11-24(14-13-23)20(27)28-21(3,4)5/h7,9,12H,6,8,10-11,13-14H2,1-5H3. The van der Waals surface area contributed by atoms with Crippen molar-refractivity contribution < 1.29 is 14.3 Å². The largest absolute Gasteiger partial charge is 0.444 e. The lowest BCUT2D eigenvalue weighted by atomic mass is 10.2. The van der Waals surface area contributed by atoms with E-state index in [0.717, 1.165) is 23.3 Å². The van der Waals surface area contributed by atoms with Gasteiger partial charge >= 0.3 is 6.09 Å². The Bertz CT molecular complexity index is 882. The number of hydrogen-bond acceptors (Lipinski definition) is 4. The SMILES string of the molecule is CCc1nc2c(C)cccn2c1C(=O)N1CCCN(C(=O)OC(C)(C)C)CC1. The van der Waals surface area contributed by atoms with Gasteiger partial charge in [0.15, 0.2) is 0 Å². The molecule has 1 saturated heterocycles. The lowest BCUT2D eigenvalue weighted by Crippen LogP contribution is -2.40. The Morgan fingerprint density at radius 3 is 2.50 bits per heavy atom. The van der Waals surface area contributed by atoms with E-state index >= 15 is 0 Å². The summed E-state index contributed by atoms with van der Waals surface area (Å²) < 4.78 is 7.37. The average molecular weight is 386 g/mol. The van der Waals surface area contributed by atoms with Crippen molar-refractivity contribution in [1.82, 2.24) is 19.2 Å². The summed E-state index contributed by atoms with van der Waals surface area (Å²) in [6.45, 7) is 11.7. The summed E-state index contributed by atoms with van der Waals surface area (Å²) in [4.78, 5) is 33.9. The molecule has 0 saturated carbocycles. The van der Waals surface area contributed by atoms with Crippen LogP contribution in [0.2, 0.25) is 0 Å². The molecule has 0 N–H and O–H groups in total. The molecule has 1 aliphatic rings. The molecule has 7 heteroatoms. The number of amides is 2. The summed E-state index contributed by atoms with van der Waals surface area (Å²) in [5, 5.41) is 0. The fourth-order valence-electron chi connectivity index (χ4n) is 3.50. The number of carbonyl (C=O) groups excluding carboxylic acids is 2. The van der Waals surface area contributed by atoms with Crippen molar-refractivity contribution in [3.63, 3.8) is 0 Å². The minimum Gasteiger partial charge on any atom is -0.444 e. The normalized spacial score (nSPS) is 15.6. The second-order valence-electron chi connectivity index (χ2n) is 8.26. The Hall–Kier alpha value is -2.57. The van der Waals surface area contributed by atoms with Gasteiger partial charge < -0.3 is 14.5 Å². The van der Waals surface area contributed by atoms with E-state index in [-0.39, 0.29) is 12.0 Å². The Morgan fingerprint density at radius 2 is 1.82 bits per heavy atom. The van der Waals surface area contributed by atoms with Crippen LogP contribution in [-0.2, 0) is 11.2 Å². The molecule has 0 atom stereocenters. The van der Waals surface area contributed by atoms with E-state index < -0.39 is 5.60 Å². The average Bonchev–Trinajstić information content (AvgIpc) is 2.82. The number of hydrogen-bond donors (Lipinski definition) is 0. The fraction of sp³-hybridized carbons (Fsp3) is 0.571. The third-order valence-electron chi connectivity index (χ3n) is 4.89. The first-order chi connectivity index (χ1) is 13.2. The molecule has 1 fully saturated rings. The third-order valence-corrected chi connectivity index (χ3v) is 4.89. The van der Waals surface area contributed by atoms with Gasteiger partial charge in [0.05, 0.1) is 5.69 Å². The highest BCUT2D eigenvalue weighted by atomic mass is 16.6. The van der Waals surface area contributed by atoms with Gasteiger partial charge in [0, 0.05) is 32.4 Å². The predicted molar refractivity (Wildman–Crippen MR) is 108 cm³/mol. The first-order valence-corrected chi connectivity index (χ1v) is 9.95. The van der Waals surface area contributed by atoms with Gasteiger partial charge in [-0.05, 0) is 52.2 Å². The first kappa shape index (κ1) is 20.2. The van der Waals surface area contributed by atoms with E-state index in [1.54, 1.807) is 4.90 Å². The molecule has 0 aliphatic carbocycles. The zero-order chi connectivity index (χ0) is 20.5. The maximum absolute atomic E-state index is 13.4. The van der Waals surface area contributed by atoms with Crippen LogP contribution in [0.5, 0.6) is 0 Å². The molecular formula is C21H30N4O3. The number of rotatable bonds is 2. The molecule has 3 rings (SSSR count). The van der Waals surface area contributed by atoms with Crippen molar-refractivity contribution in [2.45, 2.75) is 53.1 Å². The number of imidazole rings is 1. The van der Waals surface area contributed by atoms with Gasteiger partial charge in [-0.15, -0.1) is 0 Å². The Morgan fingerprint density at radius 1 is 1.14 bits per heavy atom. The lowest BCUT2D eigenvalue weighted by molar-refractivity contribution is 0.0255. The van der Waals surface area contributed by atoms with Crippen molar-refractivity contribution >= 4 is 17.6 Å². The molecule has 7 nitrogen and oxygen atoms in total. The third kappa shape index (κ3) is 4.13. The molecule has 2 amide bonds. The number of aromatic nitrogens is 2. The minimum absolute atomic E-state index is 0.0269. The predicted octanol–water partition coefficient (Wildman–Crippen LogP) is 3.29. The molecule has 3 heterocycles. The van der Waals surface area contributed by atoms with E-state index in [2.05, 4.69) is 4.98 Å². The molecule has 0 bridgehead atoms. The number of fused-ring (bicyclic) bond motifs is 1.